The first-order valence-corrected chi connectivity index (χ1v) is 10.6. The number of rotatable bonds is 5. The Kier molecular flexibility index (Phi) is 5.53. The van der Waals surface area contributed by atoms with Gasteiger partial charge >= 0.3 is 0 Å². The lowest BCUT2D eigenvalue weighted by Gasteiger charge is -2.23. The van der Waals surface area contributed by atoms with Gasteiger partial charge in [-0.1, -0.05) is 32.0 Å². The van der Waals surface area contributed by atoms with E-state index < -0.39 is 0 Å². The van der Waals surface area contributed by atoms with Crippen LogP contribution in [-0.4, -0.2) is 15.8 Å². The molecule has 0 saturated carbocycles. The number of nitrogens with one attached hydrogen (secondary N) is 2. The van der Waals surface area contributed by atoms with E-state index in [9.17, 15) is 4.79 Å². The highest BCUT2D eigenvalue weighted by Gasteiger charge is 2.28. The first-order valence-electron chi connectivity index (χ1n) is 10.6. The molecule has 0 amide bonds. The molecule has 1 aromatic heterocycles. The number of benzene rings is 2. The summed E-state index contributed by atoms with van der Waals surface area (Å²) >= 11 is 0. The fourth-order valence-corrected chi connectivity index (χ4v) is 3.82. The molecule has 1 unspecified atom stereocenters. The molecule has 154 valence electrons. The zero-order valence-electron chi connectivity index (χ0n) is 18.0. The molecule has 5 nitrogen and oxygen atoms in total. The molecule has 0 saturated heterocycles. The second-order valence-electron chi connectivity index (χ2n) is 8.25. The standard InChI is InChI=1S/C25H28N4O/c1-5-18-7-10-19(11-8-18)27-25-28-21-12-15(2)13-22(30)23(21)24(29-25)26-20-9-6-16(3)17(4)14-20/h6-11,14-15H,5,12-13H2,1-4H3,(H2,26,27,28,29). The van der Waals surface area contributed by atoms with Crippen LogP contribution in [0, 0.1) is 19.8 Å². The minimum Gasteiger partial charge on any atom is -0.339 e. The smallest absolute Gasteiger partial charge is 0.229 e. The van der Waals surface area contributed by atoms with Gasteiger partial charge in [-0.05, 0) is 73.6 Å². The summed E-state index contributed by atoms with van der Waals surface area (Å²) in [7, 11) is 0. The number of hydrogen-bond acceptors (Lipinski definition) is 5. The average Bonchev–Trinajstić information content (AvgIpc) is 2.70. The first-order chi connectivity index (χ1) is 14.4. The summed E-state index contributed by atoms with van der Waals surface area (Å²) in [6.07, 6.45) is 2.30. The van der Waals surface area contributed by atoms with Crippen LogP contribution in [0.4, 0.5) is 23.1 Å². The summed E-state index contributed by atoms with van der Waals surface area (Å²) in [5, 5.41) is 6.69. The number of aryl methyl sites for hydroxylation is 3. The molecule has 30 heavy (non-hydrogen) atoms. The van der Waals surface area contributed by atoms with Gasteiger partial charge in [0.05, 0.1) is 11.3 Å². The summed E-state index contributed by atoms with van der Waals surface area (Å²) in [6.45, 7) is 8.39. The maximum Gasteiger partial charge on any atom is 0.229 e. The summed E-state index contributed by atoms with van der Waals surface area (Å²) < 4.78 is 0. The lowest BCUT2D eigenvalue weighted by Crippen LogP contribution is -2.22. The van der Waals surface area contributed by atoms with Crippen molar-refractivity contribution in [2.75, 3.05) is 10.6 Å². The molecule has 1 aliphatic carbocycles. The van der Waals surface area contributed by atoms with Crippen molar-refractivity contribution < 1.29 is 4.79 Å². The fraction of sp³-hybridized carbons (Fsp3) is 0.320. The highest BCUT2D eigenvalue weighted by atomic mass is 16.1. The third-order valence-corrected chi connectivity index (χ3v) is 5.73. The van der Waals surface area contributed by atoms with Crippen LogP contribution >= 0.6 is 0 Å². The van der Waals surface area contributed by atoms with Gasteiger partial charge in [-0.2, -0.15) is 4.98 Å². The Morgan fingerprint density at radius 3 is 2.37 bits per heavy atom. The largest absolute Gasteiger partial charge is 0.339 e. The summed E-state index contributed by atoms with van der Waals surface area (Å²) in [5.74, 6) is 1.47. The first kappa shape index (κ1) is 20.1. The number of carbonyl (C=O) groups is 1. The minimum atomic E-state index is 0.105. The molecule has 2 N–H and O–H groups in total. The van der Waals surface area contributed by atoms with Crippen molar-refractivity contribution in [1.29, 1.82) is 0 Å². The maximum atomic E-state index is 12.8. The van der Waals surface area contributed by atoms with Crippen LogP contribution in [0.3, 0.4) is 0 Å². The van der Waals surface area contributed by atoms with E-state index in [0.29, 0.717) is 23.8 Å². The van der Waals surface area contributed by atoms with Crippen molar-refractivity contribution >= 4 is 28.9 Å². The van der Waals surface area contributed by atoms with E-state index in [4.69, 9.17) is 9.97 Å². The highest BCUT2D eigenvalue weighted by Crippen LogP contribution is 2.32. The van der Waals surface area contributed by atoms with E-state index in [0.717, 1.165) is 29.9 Å². The normalized spacial score (nSPS) is 15.6. The van der Waals surface area contributed by atoms with Gasteiger partial charge in [-0.25, -0.2) is 4.98 Å². The summed E-state index contributed by atoms with van der Waals surface area (Å²) in [4.78, 5) is 22.2. The molecular formula is C25H28N4O. The van der Waals surface area contributed by atoms with Gasteiger partial charge in [0.1, 0.15) is 5.82 Å². The van der Waals surface area contributed by atoms with Crippen LogP contribution in [-0.2, 0) is 12.8 Å². The van der Waals surface area contributed by atoms with Gasteiger partial charge in [0, 0.05) is 17.8 Å². The molecule has 0 radical (unpaired) electrons. The molecule has 5 heteroatoms. The Morgan fingerprint density at radius 1 is 0.933 bits per heavy atom. The Balaban J connectivity index is 1.72. The van der Waals surface area contributed by atoms with Crippen molar-refractivity contribution in [3.05, 3.63) is 70.4 Å². The molecule has 0 fully saturated rings. The Hall–Kier alpha value is -3.21. The van der Waals surface area contributed by atoms with Gasteiger partial charge < -0.3 is 10.6 Å². The van der Waals surface area contributed by atoms with Crippen LogP contribution in [0.5, 0.6) is 0 Å². The van der Waals surface area contributed by atoms with Crippen molar-refractivity contribution in [3.63, 3.8) is 0 Å². The highest BCUT2D eigenvalue weighted by molar-refractivity contribution is 6.03. The third kappa shape index (κ3) is 4.20. The second kappa shape index (κ2) is 8.27. The van der Waals surface area contributed by atoms with E-state index in [-0.39, 0.29) is 11.7 Å². The number of carbonyl (C=O) groups excluding carboxylic acids is 1. The number of aromatic nitrogens is 2. The van der Waals surface area contributed by atoms with Crippen LogP contribution < -0.4 is 10.6 Å². The molecule has 1 aliphatic rings. The lowest BCUT2D eigenvalue weighted by atomic mass is 9.87. The zero-order chi connectivity index (χ0) is 21.3. The van der Waals surface area contributed by atoms with Crippen LogP contribution in [0.1, 0.15) is 53.0 Å². The number of nitrogens with zero attached hydrogens (tertiary/aromatic N) is 2. The molecule has 0 bridgehead atoms. The molecule has 2 aromatic carbocycles. The van der Waals surface area contributed by atoms with E-state index >= 15 is 0 Å². The van der Waals surface area contributed by atoms with Crippen LogP contribution in [0.25, 0.3) is 0 Å². The van der Waals surface area contributed by atoms with Gasteiger partial charge in [0.25, 0.3) is 0 Å². The van der Waals surface area contributed by atoms with E-state index in [1.54, 1.807) is 0 Å². The molecular weight excluding hydrogens is 372 g/mol. The van der Waals surface area contributed by atoms with Crippen molar-refractivity contribution in [2.45, 2.75) is 47.0 Å². The molecule has 3 aromatic rings. The number of hydrogen-bond donors (Lipinski definition) is 2. The Morgan fingerprint density at radius 2 is 1.67 bits per heavy atom. The van der Waals surface area contributed by atoms with Crippen molar-refractivity contribution in [1.82, 2.24) is 9.97 Å². The monoisotopic (exact) mass is 400 g/mol. The third-order valence-electron chi connectivity index (χ3n) is 5.73. The van der Waals surface area contributed by atoms with Crippen LogP contribution in [0.15, 0.2) is 42.5 Å². The predicted molar refractivity (Wildman–Crippen MR) is 122 cm³/mol. The molecule has 0 spiro atoms. The van der Waals surface area contributed by atoms with E-state index in [1.807, 2.05) is 18.2 Å². The topological polar surface area (TPSA) is 66.9 Å². The summed E-state index contributed by atoms with van der Waals surface area (Å²) in [6, 6.07) is 14.4. The minimum absolute atomic E-state index is 0.105. The number of Topliss-reactive ketones (excluding diaryl/α,β-unsaturated/α-hetero) is 1. The fourth-order valence-electron chi connectivity index (χ4n) is 3.82. The molecule has 0 aliphatic heterocycles. The van der Waals surface area contributed by atoms with Gasteiger partial charge in [-0.15, -0.1) is 0 Å². The lowest BCUT2D eigenvalue weighted by molar-refractivity contribution is 0.0953. The molecule has 1 heterocycles. The number of anilines is 4. The maximum absolute atomic E-state index is 12.8. The summed E-state index contributed by atoms with van der Waals surface area (Å²) in [5.41, 5.74) is 6.99. The van der Waals surface area contributed by atoms with E-state index in [2.05, 4.69) is 62.6 Å². The second-order valence-corrected chi connectivity index (χ2v) is 8.25. The Bertz CT molecular complexity index is 1090. The van der Waals surface area contributed by atoms with Crippen molar-refractivity contribution in [2.24, 2.45) is 5.92 Å². The van der Waals surface area contributed by atoms with Gasteiger partial charge in [0.15, 0.2) is 5.78 Å². The quantitative estimate of drug-likeness (QED) is 0.557. The van der Waals surface area contributed by atoms with E-state index in [1.165, 1.54) is 16.7 Å². The van der Waals surface area contributed by atoms with Crippen molar-refractivity contribution in [3.8, 4) is 0 Å². The Labute approximate surface area is 178 Å². The zero-order valence-corrected chi connectivity index (χ0v) is 18.0. The van der Waals surface area contributed by atoms with Gasteiger partial charge in [-0.3, -0.25) is 4.79 Å². The molecule has 1 atom stereocenters. The van der Waals surface area contributed by atoms with Gasteiger partial charge in [0.2, 0.25) is 5.95 Å². The number of fused-ring (bicyclic) bond motifs is 1. The number of ketones is 1. The SMILES string of the molecule is CCc1ccc(Nc2nc3c(c(Nc4ccc(C)c(C)c4)n2)C(=O)CC(C)C3)cc1. The van der Waals surface area contributed by atoms with Crippen LogP contribution in [0.2, 0.25) is 0 Å². The molecule has 4 rings (SSSR count). The average molecular weight is 401 g/mol. The predicted octanol–water partition coefficient (Wildman–Crippen LogP) is 5.91.